The zero-order chi connectivity index (χ0) is 17.8. The maximum atomic E-state index is 13.6. The molecule has 1 N–H and O–H groups in total. The predicted molar refractivity (Wildman–Crippen MR) is 93.0 cm³/mol. The summed E-state index contributed by atoms with van der Waals surface area (Å²) >= 11 is 0. The Balaban J connectivity index is 1.58. The molecule has 0 saturated heterocycles. The molecule has 0 aliphatic carbocycles. The van der Waals surface area contributed by atoms with Crippen molar-refractivity contribution in [2.75, 3.05) is 25.0 Å². The van der Waals surface area contributed by atoms with Crippen LogP contribution in [-0.2, 0) is 4.79 Å². The molecule has 0 saturated carbocycles. The second-order valence-electron chi connectivity index (χ2n) is 6.06. The fourth-order valence-corrected chi connectivity index (χ4v) is 2.88. The molecule has 2 heterocycles. The van der Waals surface area contributed by atoms with Gasteiger partial charge in [0.15, 0.2) is 0 Å². The van der Waals surface area contributed by atoms with E-state index < -0.39 is 11.6 Å². The number of rotatable bonds is 4. The standard InChI is InChI=1S/C19H19F2N3O/c1-13-3-2-8-22-19(13)14-6-9-24(10-7-14)12-18(25)23-17-5-4-15(20)11-16(17)21/h2-6,8,11H,7,9-10,12H2,1H3,(H,23,25). The van der Waals surface area contributed by atoms with Crippen molar-refractivity contribution in [2.45, 2.75) is 13.3 Å². The number of benzene rings is 1. The highest BCUT2D eigenvalue weighted by atomic mass is 19.1. The van der Waals surface area contributed by atoms with E-state index in [0.29, 0.717) is 6.54 Å². The van der Waals surface area contributed by atoms with Crippen LogP contribution in [0.5, 0.6) is 0 Å². The van der Waals surface area contributed by atoms with Crippen molar-refractivity contribution < 1.29 is 13.6 Å². The molecule has 0 fully saturated rings. The van der Waals surface area contributed by atoms with Crippen molar-refractivity contribution >= 4 is 17.2 Å². The van der Waals surface area contributed by atoms with Crippen LogP contribution < -0.4 is 5.32 Å². The summed E-state index contributed by atoms with van der Waals surface area (Å²) in [6.45, 7) is 3.54. The number of aryl methyl sites for hydroxylation is 1. The number of anilines is 1. The molecule has 2 aromatic rings. The molecule has 1 aromatic heterocycles. The summed E-state index contributed by atoms with van der Waals surface area (Å²) in [5, 5.41) is 2.48. The molecule has 0 bridgehead atoms. The van der Waals surface area contributed by atoms with Crippen LogP contribution in [0.25, 0.3) is 5.57 Å². The number of nitrogens with one attached hydrogen (secondary N) is 1. The van der Waals surface area contributed by atoms with Crippen LogP contribution in [0.15, 0.2) is 42.6 Å². The number of halogens is 2. The minimum absolute atomic E-state index is 0.0104. The maximum Gasteiger partial charge on any atom is 0.238 e. The van der Waals surface area contributed by atoms with E-state index in [9.17, 15) is 13.6 Å². The Kier molecular flexibility index (Phi) is 5.19. The van der Waals surface area contributed by atoms with Crippen LogP contribution in [0, 0.1) is 18.6 Å². The highest BCUT2D eigenvalue weighted by molar-refractivity contribution is 5.92. The van der Waals surface area contributed by atoms with E-state index in [1.807, 2.05) is 24.0 Å². The third-order valence-corrected chi connectivity index (χ3v) is 4.18. The lowest BCUT2D eigenvalue weighted by Gasteiger charge is -2.26. The molecule has 1 aliphatic heterocycles. The van der Waals surface area contributed by atoms with E-state index >= 15 is 0 Å². The number of aromatic nitrogens is 1. The summed E-state index contributed by atoms with van der Waals surface area (Å²) in [6, 6.07) is 7.03. The molecule has 0 spiro atoms. The SMILES string of the molecule is Cc1cccnc1C1=CCN(CC(=O)Nc2ccc(F)cc2F)CC1. The number of hydrogen-bond donors (Lipinski definition) is 1. The molecular weight excluding hydrogens is 324 g/mol. The van der Waals surface area contributed by atoms with Gasteiger partial charge in [0.2, 0.25) is 5.91 Å². The van der Waals surface area contributed by atoms with E-state index in [0.717, 1.165) is 36.4 Å². The molecule has 0 unspecified atom stereocenters. The second kappa shape index (κ2) is 7.53. The Morgan fingerprint density at radius 2 is 2.16 bits per heavy atom. The average Bonchev–Trinajstić information content (AvgIpc) is 2.59. The zero-order valence-corrected chi connectivity index (χ0v) is 13.9. The third kappa shape index (κ3) is 4.28. The molecule has 25 heavy (non-hydrogen) atoms. The lowest BCUT2D eigenvalue weighted by molar-refractivity contribution is -0.117. The minimum Gasteiger partial charge on any atom is -0.322 e. The van der Waals surface area contributed by atoms with Crippen LogP contribution in [0.4, 0.5) is 14.5 Å². The van der Waals surface area contributed by atoms with Gasteiger partial charge in [0.1, 0.15) is 11.6 Å². The second-order valence-corrected chi connectivity index (χ2v) is 6.06. The summed E-state index contributed by atoms with van der Waals surface area (Å²) in [4.78, 5) is 18.5. The predicted octanol–water partition coefficient (Wildman–Crippen LogP) is 3.40. The van der Waals surface area contributed by atoms with E-state index in [-0.39, 0.29) is 18.1 Å². The average molecular weight is 343 g/mol. The Morgan fingerprint density at radius 1 is 1.32 bits per heavy atom. The lowest BCUT2D eigenvalue weighted by atomic mass is 10.0. The monoisotopic (exact) mass is 343 g/mol. The van der Waals surface area contributed by atoms with E-state index in [4.69, 9.17) is 0 Å². The molecule has 130 valence electrons. The van der Waals surface area contributed by atoms with Crippen molar-refractivity contribution in [3.63, 3.8) is 0 Å². The Bertz CT molecular complexity index is 820. The number of amides is 1. The first-order valence-corrected chi connectivity index (χ1v) is 8.11. The van der Waals surface area contributed by atoms with Crippen LogP contribution in [0.3, 0.4) is 0 Å². The van der Waals surface area contributed by atoms with Crippen LogP contribution >= 0.6 is 0 Å². The zero-order valence-electron chi connectivity index (χ0n) is 13.9. The van der Waals surface area contributed by atoms with Gasteiger partial charge in [-0.3, -0.25) is 14.7 Å². The molecule has 6 heteroatoms. The van der Waals surface area contributed by atoms with Gasteiger partial charge in [-0.2, -0.15) is 0 Å². The fraction of sp³-hybridized carbons (Fsp3) is 0.263. The molecule has 1 amide bonds. The van der Waals surface area contributed by atoms with Gasteiger partial charge in [-0.15, -0.1) is 0 Å². The van der Waals surface area contributed by atoms with Crippen molar-refractivity contribution in [3.8, 4) is 0 Å². The Morgan fingerprint density at radius 3 is 2.84 bits per heavy atom. The van der Waals surface area contributed by atoms with Gasteiger partial charge >= 0.3 is 0 Å². The van der Waals surface area contributed by atoms with Gasteiger partial charge in [-0.05, 0) is 42.7 Å². The molecule has 0 atom stereocenters. The first kappa shape index (κ1) is 17.2. The molecule has 1 aromatic carbocycles. The van der Waals surface area contributed by atoms with Crippen molar-refractivity contribution in [1.82, 2.24) is 9.88 Å². The van der Waals surface area contributed by atoms with E-state index in [2.05, 4.69) is 16.4 Å². The highest BCUT2D eigenvalue weighted by Gasteiger charge is 2.18. The number of carbonyl (C=O) groups is 1. The molecule has 1 aliphatic rings. The third-order valence-electron chi connectivity index (χ3n) is 4.18. The number of hydrogen-bond acceptors (Lipinski definition) is 3. The van der Waals surface area contributed by atoms with E-state index in [1.165, 1.54) is 11.6 Å². The van der Waals surface area contributed by atoms with Gasteiger partial charge < -0.3 is 5.32 Å². The normalized spacial score (nSPS) is 14.9. The van der Waals surface area contributed by atoms with Crippen LogP contribution in [0.2, 0.25) is 0 Å². The quantitative estimate of drug-likeness (QED) is 0.925. The minimum atomic E-state index is -0.778. The first-order valence-electron chi connectivity index (χ1n) is 8.11. The van der Waals surface area contributed by atoms with Gasteiger partial charge in [0.05, 0.1) is 17.9 Å². The van der Waals surface area contributed by atoms with Crippen molar-refractivity contribution in [1.29, 1.82) is 0 Å². The number of carbonyl (C=O) groups excluding carboxylic acids is 1. The van der Waals surface area contributed by atoms with Crippen molar-refractivity contribution in [3.05, 3.63) is 65.5 Å². The molecule has 0 radical (unpaired) electrons. The summed E-state index contributed by atoms with van der Waals surface area (Å²) < 4.78 is 26.5. The van der Waals surface area contributed by atoms with Crippen molar-refractivity contribution in [2.24, 2.45) is 0 Å². The summed E-state index contributed by atoms with van der Waals surface area (Å²) in [5.74, 6) is -1.77. The topological polar surface area (TPSA) is 45.2 Å². The maximum absolute atomic E-state index is 13.6. The molecule has 4 nitrogen and oxygen atoms in total. The highest BCUT2D eigenvalue weighted by Crippen LogP contribution is 2.23. The number of nitrogens with zero attached hydrogens (tertiary/aromatic N) is 2. The smallest absolute Gasteiger partial charge is 0.238 e. The fourth-order valence-electron chi connectivity index (χ4n) is 2.88. The molecule has 3 rings (SSSR count). The summed E-state index contributed by atoms with van der Waals surface area (Å²) in [7, 11) is 0. The Hall–Kier alpha value is -2.60. The van der Waals surface area contributed by atoms with Gasteiger partial charge in [-0.1, -0.05) is 12.1 Å². The van der Waals surface area contributed by atoms with Gasteiger partial charge in [0.25, 0.3) is 0 Å². The van der Waals surface area contributed by atoms with E-state index in [1.54, 1.807) is 6.20 Å². The number of pyridine rings is 1. The summed E-state index contributed by atoms with van der Waals surface area (Å²) in [6.07, 6.45) is 4.65. The summed E-state index contributed by atoms with van der Waals surface area (Å²) in [5.41, 5.74) is 3.30. The molecular formula is C19H19F2N3O. The first-order chi connectivity index (χ1) is 12.0. The van der Waals surface area contributed by atoms with Gasteiger partial charge in [-0.25, -0.2) is 8.78 Å². The Labute approximate surface area is 145 Å². The van der Waals surface area contributed by atoms with Gasteiger partial charge in [0, 0.05) is 25.4 Å². The lowest BCUT2D eigenvalue weighted by Crippen LogP contribution is -2.36. The largest absolute Gasteiger partial charge is 0.322 e. The van der Waals surface area contributed by atoms with Crippen LogP contribution in [-0.4, -0.2) is 35.4 Å². The van der Waals surface area contributed by atoms with Crippen LogP contribution in [0.1, 0.15) is 17.7 Å².